The Morgan fingerprint density at radius 2 is 2.11 bits per heavy atom. The minimum absolute atomic E-state index is 0.00903. The van der Waals surface area contributed by atoms with E-state index in [2.05, 4.69) is 34.3 Å². The number of aliphatic imine (C=N–C) groups is 1. The highest BCUT2D eigenvalue weighted by Gasteiger charge is 2.27. The Balaban J connectivity index is 1.60. The first-order chi connectivity index (χ1) is 13.5. The van der Waals surface area contributed by atoms with Gasteiger partial charge in [0, 0.05) is 44.2 Å². The number of hydrogen-bond donors (Lipinski definition) is 1. The molecule has 0 bridgehead atoms. The molecule has 3 rings (SSSR count). The number of nitrogens with one attached hydrogen (secondary N) is 1. The van der Waals surface area contributed by atoms with Gasteiger partial charge in [0.2, 0.25) is 0 Å². The van der Waals surface area contributed by atoms with Crippen LogP contribution in [0.1, 0.15) is 37.8 Å². The van der Waals surface area contributed by atoms with Crippen molar-refractivity contribution < 1.29 is 19.0 Å². The summed E-state index contributed by atoms with van der Waals surface area (Å²) in [5.41, 5.74) is 2.23. The minimum Gasteiger partial charge on any atom is -0.496 e. The number of likely N-dealkylation sites (tertiary alicyclic amines) is 1. The number of methoxy groups -OCH3 is 1. The number of carbonyl (C=O) groups is 1. The second kappa shape index (κ2) is 9.17. The van der Waals surface area contributed by atoms with Crippen LogP contribution in [0.2, 0.25) is 0 Å². The van der Waals surface area contributed by atoms with E-state index in [9.17, 15) is 4.79 Å². The molecule has 0 spiro atoms. The Kier molecular flexibility index (Phi) is 6.65. The molecule has 7 heteroatoms. The summed E-state index contributed by atoms with van der Waals surface area (Å²) in [6.45, 7) is 6.52. The van der Waals surface area contributed by atoms with E-state index >= 15 is 0 Å². The molecule has 2 aliphatic rings. The number of nitrogens with zero attached hydrogens (tertiary/aromatic N) is 2. The number of benzene rings is 1. The smallest absolute Gasteiger partial charge is 0.309 e. The van der Waals surface area contributed by atoms with E-state index in [0.717, 1.165) is 55.4 Å². The van der Waals surface area contributed by atoms with Gasteiger partial charge in [-0.1, -0.05) is 0 Å². The van der Waals surface area contributed by atoms with Crippen LogP contribution in [0.3, 0.4) is 0 Å². The molecular formula is C21H31N3O4. The van der Waals surface area contributed by atoms with Crippen molar-refractivity contribution in [2.75, 3.05) is 33.9 Å². The van der Waals surface area contributed by atoms with E-state index in [1.165, 1.54) is 5.56 Å². The minimum atomic E-state index is -0.0813. The third-order valence-corrected chi connectivity index (χ3v) is 5.36. The zero-order chi connectivity index (χ0) is 20.1. The van der Waals surface area contributed by atoms with Crippen LogP contribution in [0.4, 0.5) is 0 Å². The Bertz CT molecular complexity index is 727. The van der Waals surface area contributed by atoms with Gasteiger partial charge in [0.05, 0.1) is 19.6 Å². The van der Waals surface area contributed by atoms with Gasteiger partial charge in [-0.2, -0.15) is 0 Å². The molecule has 1 unspecified atom stereocenters. The van der Waals surface area contributed by atoms with Gasteiger partial charge in [-0.25, -0.2) is 0 Å². The van der Waals surface area contributed by atoms with Crippen LogP contribution in [0.15, 0.2) is 17.1 Å². The lowest BCUT2D eigenvalue weighted by atomic mass is 9.97. The number of ether oxygens (including phenoxy) is 3. The Morgan fingerprint density at radius 3 is 2.75 bits per heavy atom. The van der Waals surface area contributed by atoms with Crippen LogP contribution >= 0.6 is 0 Å². The summed E-state index contributed by atoms with van der Waals surface area (Å²) in [6, 6.07) is 4.13. The molecule has 1 N–H and O–H groups in total. The summed E-state index contributed by atoms with van der Waals surface area (Å²) in [5.74, 6) is 2.54. The fourth-order valence-corrected chi connectivity index (χ4v) is 3.90. The molecule has 0 amide bonds. The number of hydrogen-bond acceptors (Lipinski definition) is 5. The summed E-state index contributed by atoms with van der Waals surface area (Å²) in [6.07, 6.45) is 2.69. The molecule has 28 heavy (non-hydrogen) atoms. The van der Waals surface area contributed by atoms with Crippen LogP contribution in [0, 0.1) is 5.92 Å². The molecule has 2 aliphatic heterocycles. The number of carbonyl (C=O) groups excluding carboxylic acids is 1. The first-order valence-corrected chi connectivity index (χ1v) is 10.0. The van der Waals surface area contributed by atoms with Gasteiger partial charge in [0.1, 0.15) is 17.6 Å². The highest BCUT2D eigenvalue weighted by molar-refractivity contribution is 5.80. The van der Waals surface area contributed by atoms with Crippen molar-refractivity contribution in [1.29, 1.82) is 0 Å². The topological polar surface area (TPSA) is 72.4 Å². The maximum absolute atomic E-state index is 11.9. The highest BCUT2D eigenvalue weighted by Crippen LogP contribution is 2.35. The van der Waals surface area contributed by atoms with E-state index in [1.807, 2.05) is 6.92 Å². The lowest BCUT2D eigenvalue weighted by molar-refractivity contribution is -0.149. The van der Waals surface area contributed by atoms with E-state index < -0.39 is 0 Å². The Hall–Kier alpha value is -2.44. The standard InChI is InChI=1S/C21H31N3O4/c1-5-27-20(25)15-6-8-24(9-7-15)21(22-3)23-13-17-12-19-16(10-14(2)28-19)11-18(17)26-4/h11-12,14-15H,5-10,13H2,1-4H3,(H,22,23). The van der Waals surface area contributed by atoms with Gasteiger partial charge in [-0.15, -0.1) is 0 Å². The molecule has 0 saturated carbocycles. The molecule has 1 saturated heterocycles. The van der Waals surface area contributed by atoms with Crippen molar-refractivity contribution in [2.45, 2.75) is 45.8 Å². The molecule has 1 atom stereocenters. The van der Waals surface area contributed by atoms with Crippen LogP contribution in [0.5, 0.6) is 11.5 Å². The zero-order valence-electron chi connectivity index (χ0n) is 17.3. The van der Waals surface area contributed by atoms with Gasteiger partial charge >= 0.3 is 5.97 Å². The van der Waals surface area contributed by atoms with E-state index in [4.69, 9.17) is 14.2 Å². The highest BCUT2D eigenvalue weighted by atomic mass is 16.5. The zero-order valence-corrected chi connectivity index (χ0v) is 17.3. The first kappa shape index (κ1) is 20.3. The predicted molar refractivity (Wildman–Crippen MR) is 108 cm³/mol. The fourth-order valence-electron chi connectivity index (χ4n) is 3.90. The van der Waals surface area contributed by atoms with E-state index in [0.29, 0.717) is 13.2 Å². The number of rotatable bonds is 5. The summed E-state index contributed by atoms with van der Waals surface area (Å²) in [7, 11) is 3.48. The van der Waals surface area contributed by atoms with Crippen molar-refractivity contribution in [1.82, 2.24) is 10.2 Å². The third kappa shape index (κ3) is 4.51. The maximum Gasteiger partial charge on any atom is 0.309 e. The lowest BCUT2D eigenvalue weighted by Crippen LogP contribution is -2.46. The third-order valence-electron chi connectivity index (χ3n) is 5.36. The average molecular weight is 389 g/mol. The second-order valence-corrected chi connectivity index (χ2v) is 7.32. The SMILES string of the molecule is CCOC(=O)C1CCN(C(=NC)NCc2cc3c(cc2OC)CC(C)O3)CC1. The van der Waals surface area contributed by atoms with E-state index in [1.54, 1.807) is 14.2 Å². The number of esters is 1. The van der Waals surface area contributed by atoms with Crippen molar-refractivity contribution in [2.24, 2.45) is 10.9 Å². The van der Waals surface area contributed by atoms with Crippen LogP contribution in [-0.4, -0.2) is 56.8 Å². The van der Waals surface area contributed by atoms with Crippen LogP contribution in [0.25, 0.3) is 0 Å². The largest absolute Gasteiger partial charge is 0.496 e. The van der Waals surface area contributed by atoms with Crippen molar-refractivity contribution in [3.8, 4) is 11.5 Å². The van der Waals surface area contributed by atoms with Crippen molar-refractivity contribution in [3.63, 3.8) is 0 Å². The Labute approximate surface area is 167 Å². The van der Waals surface area contributed by atoms with Gasteiger partial charge in [-0.3, -0.25) is 9.79 Å². The number of guanidine groups is 1. The average Bonchev–Trinajstić information content (AvgIpc) is 3.07. The molecule has 0 radical (unpaired) electrons. The predicted octanol–water partition coefficient (Wildman–Crippen LogP) is 2.37. The number of piperidine rings is 1. The molecule has 1 aromatic carbocycles. The van der Waals surface area contributed by atoms with Crippen LogP contribution in [-0.2, 0) is 22.5 Å². The molecule has 7 nitrogen and oxygen atoms in total. The normalized spacial score (nSPS) is 19.8. The molecule has 0 aliphatic carbocycles. The molecule has 2 heterocycles. The quantitative estimate of drug-likeness (QED) is 0.474. The fraction of sp³-hybridized carbons (Fsp3) is 0.619. The maximum atomic E-state index is 11.9. The first-order valence-electron chi connectivity index (χ1n) is 10.0. The molecular weight excluding hydrogens is 358 g/mol. The molecule has 0 aromatic heterocycles. The van der Waals surface area contributed by atoms with Crippen molar-refractivity contribution in [3.05, 3.63) is 23.3 Å². The second-order valence-electron chi connectivity index (χ2n) is 7.32. The Morgan fingerprint density at radius 1 is 1.36 bits per heavy atom. The van der Waals surface area contributed by atoms with Crippen molar-refractivity contribution >= 4 is 11.9 Å². The molecule has 154 valence electrons. The monoisotopic (exact) mass is 389 g/mol. The number of fused-ring (bicyclic) bond motifs is 1. The lowest BCUT2D eigenvalue weighted by Gasteiger charge is -2.33. The summed E-state index contributed by atoms with van der Waals surface area (Å²) in [5, 5.41) is 3.43. The van der Waals surface area contributed by atoms with E-state index in [-0.39, 0.29) is 18.0 Å². The van der Waals surface area contributed by atoms with Gasteiger partial charge in [0.15, 0.2) is 5.96 Å². The summed E-state index contributed by atoms with van der Waals surface area (Å²) >= 11 is 0. The van der Waals surface area contributed by atoms with Crippen LogP contribution < -0.4 is 14.8 Å². The van der Waals surface area contributed by atoms with Gasteiger partial charge in [-0.05, 0) is 38.8 Å². The van der Waals surface area contributed by atoms with Gasteiger partial charge in [0.25, 0.3) is 0 Å². The summed E-state index contributed by atoms with van der Waals surface area (Å²) < 4.78 is 16.6. The van der Waals surface area contributed by atoms with Gasteiger partial charge < -0.3 is 24.4 Å². The summed E-state index contributed by atoms with van der Waals surface area (Å²) in [4.78, 5) is 18.5. The molecule has 1 fully saturated rings. The molecule has 1 aromatic rings.